The van der Waals surface area contributed by atoms with Gasteiger partial charge in [0.25, 0.3) is 0 Å². The van der Waals surface area contributed by atoms with Gasteiger partial charge in [-0.1, -0.05) is 0 Å². The number of hydrogen-bond donors (Lipinski definition) is 1. The first-order valence-corrected chi connectivity index (χ1v) is 7.96. The number of carbonyl (C=O) groups is 2. The van der Waals surface area contributed by atoms with Gasteiger partial charge in [0.15, 0.2) is 5.82 Å². The maximum atomic E-state index is 12.3. The highest BCUT2D eigenvalue weighted by molar-refractivity contribution is 14.1. The first-order chi connectivity index (χ1) is 10.6. The maximum Gasteiger partial charge on any atom is 0.328 e. The number of esters is 1. The van der Waals surface area contributed by atoms with Crippen LogP contribution in [-0.4, -0.2) is 46.0 Å². The molecule has 0 aromatic carbocycles. The Morgan fingerprint density at radius 1 is 1.41 bits per heavy atom. The van der Waals surface area contributed by atoms with Crippen LogP contribution in [0.5, 0.6) is 0 Å². The van der Waals surface area contributed by atoms with Gasteiger partial charge in [-0.15, -0.1) is 0 Å². The second kappa shape index (κ2) is 6.11. The molecule has 116 valence electrons. The minimum absolute atomic E-state index is 0.328. The third kappa shape index (κ3) is 2.87. The topological polar surface area (TPSA) is 75.9 Å². The van der Waals surface area contributed by atoms with Crippen LogP contribution in [-0.2, 0) is 9.53 Å². The van der Waals surface area contributed by atoms with E-state index in [0.717, 1.165) is 15.6 Å². The van der Waals surface area contributed by atoms with Crippen LogP contribution in [0.25, 0.3) is 5.65 Å². The number of pyridine rings is 1. The molecule has 0 bridgehead atoms. The molecule has 7 nitrogen and oxygen atoms in total. The molecular formula is C14H15IN4O3. The molecule has 1 N–H and O–H groups in total. The molecule has 3 rings (SSSR count). The number of carbonyl (C=O) groups excluding carboxylic acids is 2. The number of likely N-dealkylation sites (tertiary alicyclic amines) is 1. The molecule has 0 spiro atoms. The zero-order valence-electron chi connectivity index (χ0n) is 12.0. The average Bonchev–Trinajstić information content (AvgIpc) is 3.11. The number of hydrogen-bond acceptors (Lipinski definition) is 4. The highest BCUT2D eigenvalue weighted by Gasteiger charge is 2.35. The predicted molar refractivity (Wildman–Crippen MR) is 88.7 cm³/mol. The van der Waals surface area contributed by atoms with Crippen molar-refractivity contribution >= 4 is 46.1 Å². The third-order valence-corrected chi connectivity index (χ3v) is 4.27. The number of halogens is 1. The summed E-state index contributed by atoms with van der Waals surface area (Å²) in [6.45, 7) is 0.539. The summed E-state index contributed by atoms with van der Waals surface area (Å²) < 4.78 is 7.67. The molecule has 0 unspecified atom stereocenters. The summed E-state index contributed by atoms with van der Waals surface area (Å²) in [5.41, 5.74) is 0.752. The van der Waals surface area contributed by atoms with Crippen molar-refractivity contribution in [1.82, 2.24) is 14.3 Å². The number of urea groups is 1. The Morgan fingerprint density at radius 3 is 3.00 bits per heavy atom. The van der Waals surface area contributed by atoms with Gasteiger partial charge in [-0.3, -0.25) is 5.32 Å². The zero-order valence-corrected chi connectivity index (χ0v) is 14.1. The molecule has 8 heteroatoms. The highest BCUT2D eigenvalue weighted by Crippen LogP contribution is 2.20. The summed E-state index contributed by atoms with van der Waals surface area (Å²) in [6, 6.07) is 2.99. The predicted octanol–water partition coefficient (Wildman–Crippen LogP) is 2.11. The van der Waals surface area contributed by atoms with Gasteiger partial charge in [0.1, 0.15) is 11.7 Å². The van der Waals surface area contributed by atoms with E-state index in [1.165, 1.54) is 12.0 Å². The Kier molecular flexibility index (Phi) is 4.19. The van der Waals surface area contributed by atoms with Crippen LogP contribution in [0.1, 0.15) is 12.8 Å². The smallest absolute Gasteiger partial charge is 0.328 e. The van der Waals surface area contributed by atoms with Gasteiger partial charge in [-0.25, -0.2) is 14.6 Å². The lowest BCUT2D eigenvalue weighted by molar-refractivity contribution is -0.144. The Hall–Kier alpha value is -1.84. The van der Waals surface area contributed by atoms with Crippen LogP contribution < -0.4 is 5.32 Å². The fourth-order valence-corrected chi connectivity index (χ4v) is 3.08. The van der Waals surface area contributed by atoms with Gasteiger partial charge in [-0.2, -0.15) is 0 Å². The van der Waals surface area contributed by atoms with Crippen molar-refractivity contribution in [3.63, 3.8) is 0 Å². The number of nitrogens with one attached hydrogen (secondary N) is 1. The maximum absolute atomic E-state index is 12.3. The number of aromatic nitrogens is 2. The van der Waals surface area contributed by atoms with Crippen molar-refractivity contribution in [3.8, 4) is 0 Å². The fourth-order valence-electron chi connectivity index (χ4n) is 2.60. The van der Waals surface area contributed by atoms with Gasteiger partial charge < -0.3 is 14.0 Å². The second-order valence-electron chi connectivity index (χ2n) is 5.04. The monoisotopic (exact) mass is 414 g/mol. The van der Waals surface area contributed by atoms with E-state index in [9.17, 15) is 9.59 Å². The van der Waals surface area contributed by atoms with Crippen molar-refractivity contribution in [3.05, 3.63) is 28.1 Å². The minimum atomic E-state index is -0.511. The van der Waals surface area contributed by atoms with Crippen LogP contribution in [0.15, 0.2) is 24.5 Å². The van der Waals surface area contributed by atoms with Crippen molar-refractivity contribution in [2.45, 2.75) is 18.9 Å². The molecule has 1 aliphatic heterocycles. The zero-order chi connectivity index (χ0) is 15.7. The molecule has 3 heterocycles. The van der Waals surface area contributed by atoms with E-state index < -0.39 is 6.04 Å². The summed E-state index contributed by atoms with van der Waals surface area (Å²) in [5.74, 6) is 0.0831. The van der Waals surface area contributed by atoms with E-state index in [1.807, 2.05) is 22.7 Å². The molecule has 0 saturated carbocycles. The van der Waals surface area contributed by atoms with Crippen LogP contribution in [0.3, 0.4) is 0 Å². The first-order valence-electron chi connectivity index (χ1n) is 6.88. The number of fused-ring (bicyclic) bond motifs is 1. The molecule has 22 heavy (non-hydrogen) atoms. The van der Waals surface area contributed by atoms with Crippen LogP contribution >= 0.6 is 22.6 Å². The SMILES string of the molecule is COC(=O)[C@@H]1CCCN1C(=O)Nc1cn2cc(I)ccc2n1. The summed E-state index contributed by atoms with van der Waals surface area (Å²) in [6.07, 6.45) is 5.09. The Morgan fingerprint density at radius 2 is 2.23 bits per heavy atom. The standard InChI is InChI=1S/C14H15IN4O3/c1-22-13(20)10-3-2-6-19(10)14(21)17-11-8-18-7-9(15)4-5-12(18)16-11/h4-5,7-8,10H,2-3,6H2,1H3,(H,17,21)/t10-/m0/s1. The van der Waals surface area contributed by atoms with E-state index >= 15 is 0 Å². The molecular weight excluding hydrogens is 399 g/mol. The van der Waals surface area contributed by atoms with Gasteiger partial charge in [0.05, 0.1) is 13.3 Å². The number of ether oxygens (including phenoxy) is 1. The van der Waals surface area contributed by atoms with Crippen molar-refractivity contribution in [2.24, 2.45) is 0 Å². The second-order valence-corrected chi connectivity index (χ2v) is 6.29. The molecule has 2 aromatic heterocycles. The van der Waals surface area contributed by atoms with Gasteiger partial charge in [-0.05, 0) is 47.6 Å². The number of methoxy groups -OCH3 is 1. The average molecular weight is 414 g/mol. The minimum Gasteiger partial charge on any atom is -0.467 e. The number of anilines is 1. The van der Waals surface area contributed by atoms with Gasteiger partial charge >= 0.3 is 12.0 Å². The molecule has 1 atom stereocenters. The molecule has 0 aliphatic carbocycles. The molecule has 2 aromatic rings. The van der Waals surface area contributed by atoms with Crippen molar-refractivity contribution < 1.29 is 14.3 Å². The van der Waals surface area contributed by atoms with Crippen molar-refractivity contribution in [2.75, 3.05) is 19.0 Å². The quantitative estimate of drug-likeness (QED) is 0.604. The molecule has 0 radical (unpaired) electrons. The van der Waals surface area contributed by atoms with E-state index in [4.69, 9.17) is 4.74 Å². The van der Waals surface area contributed by atoms with E-state index in [0.29, 0.717) is 18.8 Å². The highest BCUT2D eigenvalue weighted by atomic mass is 127. The molecule has 1 fully saturated rings. The summed E-state index contributed by atoms with van der Waals surface area (Å²) >= 11 is 2.21. The third-order valence-electron chi connectivity index (χ3n) is 3.64. The normalized spacial score (nSPS) is 17.7. The van der Waals surface area contributed by atoms with E-state index in [2.05, 4.69) is 32.9 Å². The molecule has 2 amide bonds. The molecule has 1 saturated heterocycles. The first kappa shape index (κ1) is 15.1. The number of rotatable bonds is 2. The summed E-state index contributed by atoms with van der Waals surface area (Å²) in [5, 5.41) is 2.75. The number of nitrogens with zero attached hydrogens (tertiary/aromatic N) is 3. The summed E-state index contributed by atoms with van der Waals surface area (Å²) in [4.78, 5) is 29.9. The fraction of sp³-hybridized carbons (Fsp3) is 0.357. The van der Waals surface area contributed by atoms with Crippen molar-refractivity contribution in [1.29, 1.82) is 0 Å². The molecule has 1 aliphatic rings. The van der Waals surface area contributed by atoms with E-state index in [-0.39, 0.29) is 12.0 Å². The summed E-state index contributed by atoms with van der Waals surface area (Å²) in [7, 11) is 1.33. The lowest BCUT2D eigenvalue weighted by Gasteiger charge is -2.22. The van der Waals surface area contributed by atoms with E-state index in [1.54, 1.807) is 6.20 Å². The number of amides is 2. The Bertz CT molecular complexity index is 730. The Labute approximate surface area is 140 Å². The Balaban J connectivity index is 1.76. The van der Waals surface area contributed by atoms with Crippen LogP contribution in [0.2, 0.25) is 0 Å². The van der Waals surface area contributed by atoms with Gasteiger partial charge in [0, 0.05) is 16.3 Å². The largest absolute Gasteiger partial charge is 0.467 e. The lowest BCUT2D eigenvalue weighted by Crippen LogP contribution is -2.43. The number of imidazole rings is 1. The lowest BCUT2D eigenvalue weighted by atomic mass is 10.2. The van der Waals surface area contributed by atoms with Crippen LogP contribution in [0, 0.1) is 3.57 Å². The van der Waals surface area contributed by atoms with Crippen LogP contribution in [0.4, 0.5) is 10.6 Å². The van der Waals surface area contributed by atoms with Gasteiger partial charge in [0.2, 0.25) is 0 Å².